The fourth-order valence-corrected chi connectivity index (χ4v) is 3.85. The Bertz CT molecular complexity index is 1360. The van der Waals surface area contributed by atoms with Crippen LogP contribution >= 0.6 is 11.8 Å². The van der Waals surface area contributed by atoms with Crippen LogP contribution in [0.4, 0.5) is 28.4 Å². The van der Waals surface area contributed by atoms with Crippen molar-refractivity contribution in [3.8, 4) is 0 Å². The largest absolute Gasteiger partial charge is 0.325 e. The normalized spacial score (nSPS) is 10.7. The molecule has 3 aromatic rings. The summed E-state index contributed by atoms with van der Waals surface area (Å²) in [6.07, 6.45) is 1.22. The third kappa shape index (κ3) is 6.35. The van der Waals surface area contributed by atoms with Crippen LogP contribution in [-0.2, 0) is 4.79 Å². The van der Waals surface area contributed by atoms with Crippen LogP contribution < -0.4 is 10.7 Å². The van der Waals surface area contributed by atoms with E-state index in [-0.39, 0.29) is 17.3 Å². The van der Waals surface area contributed by atoms with Crippen molar-refractivity contribution in [3.63, 3.8) is 0 Å². The molecular formula is C21H16N6O7S. The third-order valence-corrected chi connectivity index (χ3v) is 5.53. The Morgan fingerprint density at radius 2 is 1.57 bits per heavy atom. The Kier molecular flexibility index (Phi) is 7.68. The summed E-state index contributed by atoms with van der Waals surface area (Å²) in [5.41, 5.74) is 1.97. The van der Waals surface area contributed by atoms with Crippen molar-refractivity contribution in [2.45, 2.75) is 16.7 Å². The number of nitro benzene ring substituents is 3. The second-order valence-corrected chi connectivity index (χ2v) is 7.93. The molecule has 0 bridgehead atoms. The zero-order valence-corrected chi connectivity index (χ0v) is 18.7. The van der Waals surface area contributed by atoms with E-state index in [1.165, 1.54) is 25.3 Å². The van der Waals surface area contributed by atoms with Gasteiger partial charge in [0.15, 0.2) is 0 Å². The molecule has 0 aliphatic carbocycles. The molecular weight excluding hydrogens is 480 g/mol. The molecule has 0 heterocycles. The monoisotopic (exact) mass is 496 g/mol. The summed E-state index contributed by atoms with van der Waals surface area (Å²) >= 11 is 1.10. The Labute approximate surface area is 201 Å². The van der Waals surface area contributed by atoms with Gasteiger partial charge in [-0.15, -0.1) is 0 Å². The average molecular weight is 496 g/mol. The van der Waals surface area contributed by atoms with Crippen molar-refractivity contribution in [2.24, 2.45) is 5.10 Å². The second kappa shape index (κ2) is 10.8. The number of para-hydroxylation sites is 1. The Balaban J connectivity index is 1.84. The lowest BCUT2D eigenvalue weighted by molar-refractivity contribution is -0.393. The van der Waals surface area contributed by atoms with Gasteiger partial charge in [-0.3, -0.25) is 40.6 Å². The van der Waals surface area contributed by atoms with Gasteiger partial charge in [-0.25, -0.2) is 0 Å². The van der Waals surface area contributed by atoms with Gasteiger partial charge in [0, 0.05) is 29.5 Å². The minimum Gasteiger partial charge on any atom is -0.325 e. The van der Waals surface area contributed by atoms with Crippen LogP contribution in [-0.4, -0.2) is 26.9 Å². The molecule has 0 unspecified atom stereocenters. The lowest BCUT2D eigenvalue weighted by Crippen LogP contribution is -2.06. The summed E-state index contributed by atoms with van der Waals surface area (Å²) in [7, 11) is 0. The van der Waals surface area contributed by atoms with E-state index in [4.69, 9.17) is 0 Å². The summed E-state index contributed by atoms with van der Waals surface area (Å²) in [5.74, 6) is -0.278. The zero-order valence-electron chi connectivity index (χ0n) is 17.9. The van der Waals surface area contributed by atoms with Gasteiger partial charge in [0.05, 0.1) is 37.6 Å². The molecule has 3 rings (SSSR count). The molecule has 13 nitrogen and oxygen atoms in total. The van der Waals surface area contributed by atoms with Gasteiger partial charge in [-0.2, -0.15) is 5.10 Å². The van der Waals surface area contributed by atoms with Gasteiger partial charge >= 0.3 is 5.69 Å². The number of hydrogen-bond acceptors (Lipinski definition) is 10. The van der Waals surface area contributed by atoms with E-state index in [2.05, 4.69) is 15.8 Å². The van der Waals surface area contributed by atoms with Crippen LogP contribution in [0.1, 0.15) is 12.5 Å². The molecule has 0 saturated heterocycles. The first-order valence-electron chi connectivity index (χ1n) is 9.70. The highest BCUT2D eigenvalue weighted by Crippen LogP contribution is 2.38. The fraction of sp³-hybridized carbons (Fsp3) is 0.0476. The maximum absolute atomic E-state index is 11.7. The van der Waals surface area contributed by atoms with Crippen LogP contribution in [0.25, 0.3) is 0 Å². The predicted octanol–water partition coefficient (Wildman–Crippen LogP) is 4.97. The van der Waals surface area contributed by atoms with Crippen molar-refractivity contribution in [1.82, 2.24) is 0 Å². The maximum atomic E-state index is 11.7. The number of nitrogens with one attached hydrogen (secondary N) is 2. The highest BCUT2D eigenvalue weighted by Gasteiger charge is 2.20. The number of non-ortho nitro benzene ring substituents is 1. The molecule has 0 spiro atoms. The van der Waals surface area contributed by atoms with Gasteiger partial charge in [0.2, 0.25) is 5.91 Å². The van der Waals surface area contributed by atoms with E-state index >= 15 is 0 Å². The lowest BCUT2D eigenvalue weighted by Gasteiger charge is -2.10. The number of rotatable bonds is 9. The summed E-state index contributed by atoms with van der Waals surface area (Å²) in [5, 5.41) is 40.2. The molecule has 0 aromatic heterocycles. The molecule has 35 heavy (non-hydrogen) atoms. The molecule has 0 fully saturated rings. The number of carbonyl (C=O) groups excluding carboxylic acids is 1. The van der Waals surface area contributed by atoms with Crippen LogP contribution in [0.3, 0.4) is 0 Å². The van der Waals surface area contributed by atoms with Crippen LogP contribution in [0.15, 0.2) is 75.6 Å². The number of nitro groups is 3. The lowest BCUT2D eigenvalue weighted by atomic mass is 10.2. The molecule has 0 saturated carbocycles. The standard InChI is InChI=1S/C21H16N6O7S/c1-13(28)23-17-4-2-3-5-20(17)35-21-9-6-14(10-19(21)27(33)34)12-22-24-16-8-7-15(25(29)30)11-18(16)26(31)32/h2-12,24H,1H3,(H,23,28)/b22-12-. The molecule has 1 amide bonds. The van der Waals surface area contributed by atoms with E-state index in [1.807, 2.05) is 0 Å². The first-order valence-corrected chi connectivity index (χ1v) is 10.5. The number of amides is 1. The number of hydrogen-bond donors (Lipinski definition) is 2. The van der Waals surface area contributed by atoms with Crippen molar-refractivity contribution in [1.29, 1.82) is 0 Å². The smallest absolute Gasteiger partial charge is 0.301 e. The highest BCUT2D eigenvalue weighted by atomic mass is 32.2. The van der Waals surface area contributed by atoms with E-state index in [0.29, 0.717) is 21.0 Å². The Morgan fingerprint density at radius 1 is 0.857 bits per heavy atom. The molecule has 2 N–H and O–H groups in total. The number of hydrazone groups is 1. The Morgan fingerprint density at radius 3 is 2.23 bits per heavy atom. The van der Waals surface area contributed by atoms with Crippen LogP contribution in [0.2, 0.25) is 0 Å². The molecule has 0 radical (unpaired) electrons. The van der Waals surface area contributed by atoms with Gasteiger partial charge in [-0.05, 0) is 24.3 Å². The van der Waals surface area contributed by atoms with Crippen molar-refractivity contribution < 1.29 is 19.6 Å². The summed E-state index contributed by atoms with van der Waals surface area (Å²) in [4.78, 5) is 44.0. The second-order valence-electron chi connectivity index (χ2n) is 6.85. The number of nitrogens with zero attached hydrogens (tertiary/aromatic N) is 4. The van der Waals surface area contributed by atoms with E-state index in [9.17, 15) is 35.1 Å². The molecule has 14 heteroatoms. The molecule has 3 aromatic carbocycles. The van der Waals surface area contributed by atoms with Crippen LogP contribution in [0, 0.1) is 30.3 Å². The number of carbonyl (C=O) groups is 1. The van der Waals surface area contributed by atoms with E-state index in [0.717, 1.165) is 30.0 Å². The number of anilines is 2. The van der Waals surface area contributed by atoms with Gasteiger partial charge in [0.25, 0.3) is 11.4 Å². The molecule has 0 aliphatic heterocycles. The minimum absolute atomic E-state index is 0.0897. The van der Waals surface area contributed by atoms with Crippen LogP contribution in [0.5, 0.6) is 0 Å². The van der Waals surface area contributed by atoms with Gasteiger partial charge in [0.1, 0.15) is 5.69 Å². The number of benzene rings is 3. The maximum Gasteiger partial charge on any atom is 0.301 e. The van der Waals surface area contributed by atoms with Gasteiger partial charge < -0.3 is 5.32 Å². The summed E-state index contributed by atoms with van der Waals surface area (Å²) in [6, 6.07) is 14.2. The van der Waals surface area contributed by atoms with Crippen molar-refractivity contribution >= 4 is 52.3 Å². The van der Waals surface area contributed by atoms with E-state index < -0.39 is 26.1 Å². The molecule has 0 atom stereocenters. The Hall–Kier alpha value is -4.85. The van der Waals surface area contributed by atoms with E-state index in [1.54, 1.807) is 30.3 Å². The third-order valence-electron chi connectivity index (χ3n) is 4.38. The average Bonchev–Trinajstić information content (AvgIpc) is 2.80. The fourth-order valence-electron chi connectivity index (χ4n) is 2.87. The first-order chi connectivity index (χ1) is 16.7. The summed E-state index contributed by atoms with van der Waals surface area (Å²) < 4.78 is 0. The molecule has 0 aliphatic rings. The zero-order chi connectivity index (χ0) is 25.5. The minimum atomic E-state index is -0.791. The van der Waals surface area contributed by atoms with Crippen molar-refractivity contribution in [3.05, 3.63) is 96.6 Å². The quantitative estimate of drug-likeness (QED) is 0.235. The SMILES string of the molecule is CC(=O)Nc1ccccc1Sc1ccc(/C=N\Nc2ccc([N+](=O)[O-])cc2[N+](=O)[O-])cc1[N+](=O)[O-]. The van der Waals surface area contributed by atoms with Gasteiger partial charge in [-0.1, -0.05) is 30.0 Å². The highest BCUT2D eigenvalue weighted by molar-refractivity contribution is 7.99. The summed E-state index contributed by atoms with van der Waals surface area (Å²) in [6.45, 7) is 1.36. The topological polar surface area (TPSA) is 183 Å². The van der Waals surface area contributed by atoms with Crippen molar-refractivity contribution in [2.75, 3.05) is 10.7 Å². The predicted molar refractivity (Wildman–Crippen MR) is 129 cm³/mol. The molecule has 178 valence electrons. The first kappa shape index (κ1) is 24.8.